The van der Waals surface area contributed by atoms with Crippen molar-refractivity contribution in [1.82, 2.24) is 14.7 Å². The lowest BCUT2D eigenvalue weighted by atomic mass is 9.87. The van der Waals surface area contributed by atoms with Gasteiger partial charge in [-0.3, -0.25) is 4.90 Å². The highest BCUT2D eigenvalue weighted by Gasteiger charge is 2.16. The second-order valence-electron chi connectivity index (χ2n) is 7.80. The van der Waals surface area contributed by atoms with Crippen molar-refractivity contribution in [3.05, 3.63) is 47.3 Å². The smallest absolute Gasteiger partial charge is 0.0648 e. The number of benzene rings is 1. The molecule has 0 aliphatic carbocycles. The van der Waals surface area contributed by atoms with Gasteiger partial charge in [0.05, 0.1) is 11.9 Å². The van der Waals surface area contributed by atoms with E-state index in [1.54, 1.807) is 0 Å². The fraction of sp³-hybridized carbons (Fsp3) is 0.550. The van der Waals surface area contributed by atoms with E-state index in [1.165, 1.54) is 49.2 Å². The lowest BCUT2D eigenvalue weighted by Crippen LogP contribution is -2.29. The lowest BCUT2D eigenvalue weighted by Gasteiger charge is -2.26. The number of rotatable bonds is 3. The van der Waals surface area contributed by atoms with Gasteiger partial charge in [-0.1, -0.05) is 39.3 Å². The van der Waals surface area contributed by atoms with Crippen LogP contribution >= 0.6 is 0 Å². The van der Waals surface area contributed by atoms with Gasteiger partial charge in [0.15, 0.2) is 0 Å². The standard InChI is InChI=1S/C20H29N3/c1-16-17(15-22-12-6-5-7-13-22)14-21-23(16)19-10-8-18(9-11-19)20(2,3)4/h8-11,14H,5-7,12-13,15H2,1-4H3. The third kappa shape index (κ3) is 3.66. The monoisotopic (exact) mass is 311 g/mol. The molecule has 2 aromatic rings. The van der Waals surface area contributed by atoms with E-state index in [0.29, 0.717) is 0 Å². The molecule has 3 nitrogen and oxygen atoms in total. The number of hydrogen-bond donors (Lipinski definition) is 0. The van der Waals surface area contributed by atoms with Crippen LogP contribution in [0.1, 0.15) is 56.9 Å². The molecule has 1 fully saturated rings. The van der Waals surface area contributed by atoms with E-state index in [-0.39, 0.29) is 5.41 Å². The van der Waals surface area contributed by atoms with Gasteiger partial charge in [-0.25, -0.2) is 4.68 Å². The Balaban J connectivity index is 1.78. The molecule has 0 spiro atoms. The molecule has 0 amide bonds. The topological polar surface area (TPSA) is 21.1 Å². The summed E-state index contributed by atoms with van der Waals surface area (Å²) >= 11 is 0. The molecule has 124 valence electrons. The second kappa shape index (κ2) is 6.48. The fourth-order valence-corrected chi connectivity index (χ4v) is 3.32. The first-order valence-corrected chi connectivity index (χ1v) is 8.82. The zero-order valence-electron chi connectivity index (χ0n) is 15.0. The van der Waals surface area contributed by atoms with Crippen LogP contribution in [0.15, 0.2) is 30.5 Å². The summed E-state index contributed by atoms with van der Waals surface area (Å²) in [6, 6.07) is 8.82. The van der Waals surface area contributed by atoms with Crippen LogP contribution in [0.4, 0.5) is 0 Å². The molecule has 0 N–H and O–H groups in total. The Morgan fingerprint density at radius 3 is 2.26 bits per heavy atom. The van der Waals surface area contributed by atoms with Crippen LogP contribution in [0.3, 0.4) is 0 Å². The zero-order valence-corrected chi connectivity index (χ0v) is 15.0. The summed E-state index contributed by atoms with van der Waals surface area (Å²) in [5, 5.41) is 4.63. The van der Waals surface area contributed by atoms with Crippen molar-refractivity contribution in [2.75, 3.05) is 13.1 Å². The first kappa shape index (κ1) is 16.3. The van der Waals surface area contributed by atoms with Crippen molar-refractivity contribution in [2.45, 2.75) is 58.9 Å². The van der Waals surface area contributed by atoms with Gasteiger partial charge in [0.25, 0.3) is 0 Å². The van der Waals surface area contributed by atoms with Crippen molar-refractivity contribution < 1.29 is 0 Å². The molecule has 0 radical (unpaired) electrons. The summed E-state index contributed by atoms with van der Waals surface area (Å²) in [6.07, 6.45) is 6.10. The molecule has 1 aliphatic heterocycles. The maximum absolute atomic E-state index is 4.63. The molecule has 23 heavy (non-hydrogen) atoms. The Kier molecular flexibility index (Phi) is 4.58. The van der Waals surface area contributed by atoms with E-state index in [9.17, 15) is 0 Å². The number of likely N-dealkylation sites (tertiary alicyclic amines) is 1. The Morgan fingerprint density at radius 1 is 1.00 bits per heavy atom. The number of nitrogens with zero attached hydrogens (tertiary/aromatic N) is 3. The normalized spacial score (nSPS) is 16.7. The Labute approximate surface area is 140 Å². The average molecular weight is 311 g/mol. The third-order valence-corrected chi connectivity index (χ3v) is 4.93. The molecule has 3 heteroatoms. The Bertz CT molecular complexity index is 641. The largest absolute Gasteiger partial charge is 0.299 e. The maximum Gasteiger partial charge on any atom is 0.0648 e. The molecule has 1 aromatic carbocycles. The molecule has 2 heterocycles. The zero-order chi connectivity index (χ0) is 16.4. The highest BCUT2D eigenvalue weighted by molar-refractivity contribution is 5.38. The summed E-state index contributed by atoms with van der Waals surface area (Å²) in [7, 11) is 0. The minimum Gasteiger partial charge on any atom is -0.299 e. The van der Waals surface area contributed by atoms with Gasteiger partial charge in [0.2, 0.25) is 0 Å². The fourth-order valence-electron chi connectivity index (χ4n) is 3.32. The van der Waals surface area contributed by atoms with Crippen molar-refractivity contribution in [1.29, 1.82) is 0 Å². The summed E-state index contributed by atoms with van der Waals surface area (Å²) in [6.45, 7) is 12.4. The van der Waals surface area contributed by atoms with Gasteiger partial charge in [0, 0.05) is 17.8 Å². The maximum atomic E-state index is 4.63. The Hall–Kier alpha value is -1.61. The molecular formula is C20H29N3. The van der Waals surface area contributed by atoms with Crippen molar-refractivity contribution in [2.24, 2.45) is 0 Å². The van der Waals surface area contributed by atoms with Crippen molar-refractivity contribution >= 4 is 0 Å². The van der Waals surface area contributed by atoms with Crippen LogP contribution in [-0.2, 0) is 12.0 Å². The van der Waals surface area contributed by atoms with Crippen molar-refractivity contribution in [3.8, 4) is 5.69 Å². The number of hydrogen-bond acceptors (Lipinski definition) is 2. The van der Waals surface area contributed by atoms with E-state index in [1.807, 2.05) is 6.20 Å². The highest BCUT2D eigenvalue weighted by atomic mass is 15.3. The summed E-state index contributed by atoms with van der Waals surface area (Å²) < 4.78 is 2.08. The second-order valence-corrected chi connectivity index (χ2v) is 7.80. The molecule has 0 unspecified atom stereocenters. The number of aromatic nitrogens is 2. The number of piperidine rings is 1. The van der Waals surface area contributed by atoms with E-state index < -0.39 is 0 Å². The molecule has 0 saturated carbocycles. The van der Waals surface area contributed by atoms with Gasteiger partial charge in [-0.15, -0.1) is 0 Å². The van der Waals surface area contributed by atoms with Crippen LogP contribution in [0.25, 0.3) is 5.69 Å². The summed E-state index contributed by atoms with van der Waals surface area (Å²) in [5.74, 6) is 0. The SMILES string of the molecule is Cc1c(CN2CCCCC2)cnn1-c1ccc(C(C)(C)C)cc1. The van der Waals surface area contributed by atoms with Crippen LogP contribution in [0, 0.1) is 6.92 Å². The van der Waals surface area contributed by atoms with E-state index in [2.05, 4.69) is 66.6 Å². The highest BCUT2D eigenvalue weighted by Crippen LogP contribution is 2.24. The molecule has 3 rings (SSSR count). The molecule has 1 saturated heterocycles. The predicted molar refractivity (Wildman–Crippen MR) is 96.1 cm³/mol. The molecule has 0 atom stereocenters. The lowest BCUT2D eigenvalue weighted by molar-refractivity contribution is 0.220. The van der Waals surface area contributed by atoms with Gasteiger partial charge in [-0.2, -0.15) is 5.10 Å². The third-order valence-electron chi connectivity index (χ3n) is 4.93. The average Bonchev–Trinajstić information content (AvgIpc) is 2.89. The van der Waals surface area contributed by atoms with E-state index in [0.717, 1.165) is 12.2 Å². The minimum atomic E-state index is 0.192. The molecule has 0 bridgehead atoms. The molecule has 1 aromatic heterocycles. The van der Waals surface area contributed by atoms with Crippen LogP contribution in [0.2, 0.25) is 0 Å². The minimum absolute atomic E-state index is 0.192. The Morgan fingerprint density at radius 2 is 1.65 bits per heavy atom. The van der Waals surface area contributed by atoms with Crippen LogP contribution in [-0.4, -0.2) is 27.8 Å². The van der Waals surface area contributed by atoms with Gasteiger partial charge in [0.1, 0.15) is 0 Å². The van der Waals surface area contributed by atoms with Gasteiger partial charge in [-0.05, 0) is 56.0 Å². The van der Waals surface area contributed by atoms with E-state index >= 15 is 0 Å². The van der Waals surface area contributed by atoms with Gasteiger partial charge >= 0.3 is 0 Å². The van der Waals surface area contributed by atoms with Gasteiger partial charge < -0.3 is 0 Å². The first-order valence-electron chi connectivity index (χ1n) is 8.82. The molecule has 1 aliphatic rings. The van der Waals surface area contributed by atoms with Crippen LogP contribution < -0.4 is 0 Å². The summed E-state index contributed by atoms with van der Waals surface area (Å²) in [4.78, 5) is 2.56. The van der Waals surface area contributed by atoms with Crippen LogP contribution in [0.5, 0.6) is 0 Å². The summed E-state index contributed by atoms with van der Waals surface area (Å²) in [5.41, 5.74) is 5.32. The van der Waals surface area contributed by atoms with E-state index in [4.69, 9.17) is 0 Å². The van der Waals surface area contributed by atoms with Crippen molar-refractivity contribution in [3.63, 3.8) is 0 Å². The predicted octanol–water partition coefficient (Wildman–Crippen LogP) is 4.46. The quantitative estimate of drug-likeness (QED) is 0.834. The first-order chi connectivity index (χ1) is 10.9. The molecular weight excluding hydrogens is 282 g/mol.